The number of benzene rings is 2. The summed E-state index contributed by atoms with van der Waals surface area (Å²) in [5, 5.41) is 18.4. The number of fused-ring (bicyclic) bond motifs is 1. The van der Waals surface area contributed by atoms with Crippen molar-refractivity contribution in [2.24, 2.45) is 5.92 Å². The van der Waals surface area contributed by atoms with Crippen LogP contribution in [0.25, 0.3) is 11.0 Å². The molecule has 0 radical (unpaired) electrons. The fraction of sp³-hybridized carbons (Fsp3) is 0.367. The molecule has 0 amide bonds. The molecule has 1 atom stereocenters. The fourth-order valence-corrected chi connectivity index (χ4v) is 5.37. The summed E-state index contributed by atoms with van der Waals surface area (Å²) in [6.45, 7) is 3.00. The van der Waals surface area contributed by atoms with Crippen molar-refractivity contribution >= 4 is 22.8 Å². The van der Waals surface area contributed by atoms with Crippen LogP contribution in [0.5, 0.6) is 5.88 Å². The standard InChI is InChI=1S/C30H29FN6O4/c31-24-11-20(14-32)1-2-22(24)18-41-29-16-33-15-28(35-29)36-8-5-19(6-9-36)12-27-34-25-4-3-21(30(38)39)13-26(25)37(27)17-23-7-10-40-23/h1-4,11,13,15-16,19,23H,5-10,12,17-18H2,(H,38,39)/t23-/m0/s1. The Morgan fingerprint density at radius 2 is 1.98 bits per heavy atom. The first kappa shape index (κ1) is 26.7. The predicted octanol–water partition coefficient (Wildman–Crippen LogP) is 4.36. The molecule has 41 heavy (non-hydrogen) atoms. The second-order valence-corrected chi connectivity index (χ2v) is 10.5. The minimum Gasteiger partial charge on any atom is -0.478 e. The van der Waals surface area contributed by atoms with E-state index in [0.717, 1.165) is 62.2 Å². The number of anilines is 1. The summed E-state index contributed by atoms with van der Waals surface area (Å²) in [7, 11) is 0. The zero-order valence-electron chi connectivity index (χ0n) is 22.4. The Labute approximate surface area is 236 Å². The van der Waals surface area contributed by atoms with Gasteiger partial charge in [-0.25, -0.2) is 14.2 Å². The van der Waals surface area contributed by atoms with Crippen molar-refractivity contribution in [3.8, 4) is 11.9 Å². The van der Waals surface area contributed by atoms with E-state index in [2.05, 4.69) is 19.4 Å². The van der Waals surface area contributed by atoms with E-state index < -0.39 is 11.8 Å². The minimum atomic E-state index is -0.951. The molecule has 2 aliphatic rings. The number of nitriles is 1. The van der Waals surface area contributed by atoms with E-state index in [1.54, 1.807) is 30.5 Å². The molecule has 10 nitrogen and oxygen atoms in total. The number of ether oxygens (including phenoxy) is 2. The third kappa shape index (κ3) is 5.83. The average Bonchev–Trinajstić information content (AvgIpc) is 3.30. The lowest BCUT2D eigenvalue weighted by atomic mass is 9.93. The molecule has 0 spiro atoms. The highest BCUT2D eigenvalue weighted by molar-refractivity contribution is 5.92. The number of aromatic carboxylic acids is 1. The van der Waals surface area contributed by atoms with Crippen LogP contribution in [0.1, 0.15) is 46.6 Å². The Hall–Kier alpha value is -4.56. The van der Waals surface area contributed by atoms with Gasteiger partial charge in [0, 0.05) is 31.7 Å². The molecule has 2 fully saturated rings. The summed E-state index contributed by atoms with van der Waals surface area (Å²) in [5.41, 5.74) is 2.48. The van der Waals surface area contributed by atoms with Crippen molar-refractivity contribution in [1.29, 1.82) is 5.26 Å². The molecule has 2 saturated heterocycles. The lowest BCUT2D eigenvalue weighted by Gasteiger charge is -2.33. The number of carboxylic acid groups (broad SMARTS) is 1. The van der Waals surface area contributed by atoms with Crippen molar-refractivity contribution in [1.82, 2.24) is 19.5 Å². The van der Waals surface area contributed by atoms with Gasteiger partial charge in [0.15, 0.2) is 5.82 Å². The predicted molar refractivity (Wildman–Crippen MR) is 147 cm³/mol. The van der Waals surface area contributed by atoms with Crippen molar-refractivity contribution in [3.63, 3.8) is 0 Å². The van der Waals surface area contributed by atoms with Crippen molar-refractivity contribution in [3.05, 3.63) is 77.1 Å². The normalized spacial score (nSPS) is 17.3. The van der Waals surface area contributed by atoms with Gasteiger partial charge in [0.2, 0.25) is 5.88 Å². The molecule has 4 aromatic rings. The number of halogens is 1. The third-order valence-corrected chi connectivity index (χ3v) is 7.82. The Balaban J connectivity index is 1.10. The molecule has 0 bridgehead atoms. The molecule has 2 aliphatic heterocycles. The smallest absolute Gasteiger partial charge is 0.335 e. The molecule has 11 heteroatoms. The lowest BCUT2D eigenvalue weighted by Crippen LogP contribution is -2.35. The average molecular weight is 557 g/mol. The Morgan fingerprint density at radius 3 is 2.68 bits per heavy atom. The molecule has 4 heterocycles. The van der Waals surface area contributed by atoms with Gasteiger partial charge in [-0.2, -0.15) is 10.2 Å². The summed E-state index contributed by atoms with van der Waals surface area (Å²) in [4.78, 5) is 27.5. The maximum atomic E-state index is 14.2. The van der Waals surface area contributed by atoms with Crippen LogP contribution in [0.15, 0.2) is 48.8 Å². The van der Waals surface area contributed by atoms with Crippen LogP contribution >= 0.6 is 0 Å². The first-order chi connectivity index (χ1) is 20.0. The number of aromatic nitrogens is 4. The highest BCUT2D eigenvalue weighted by atomic mass is 19.1. The topological polar surface area (TPSA) is 126 Å². The molecular formula is C30H29FN6O4. The Kier molecular flexibility index (Phi) is 7.48. The van der Waals surface area contributed by atoms with E-state index in [1.165, 1.54) is 18.3 Å². The molecule has 210 valence electrons. The second kappa shape index (κ2) is 11.5. The molecule has 0 saturated carbocycles. The highest BCUT2D eigenvalue weighted by Crippen LogP contribution is 2.28. The summed E-state index contributed by atoms with van der Waals surface area (Å²) in [5.74, 6) is 0.938. The van der Waals surface area contributed by atoms with Gasteiger partial charge in [0.1, 0.15) is 18.2 Å². The highest BCUT2D eigenvalue weighted by Gasteiger charge is 2.26. The van der Waals surface area contributed by atoms with E-state index in [0.29, 0.717) is 29.7 Å². The van der Waals surface area contributed by atoms with Crippen LogP contribution in [0.4, 0.5) is 10.2 Å². The first-order valence-corrected chi connectivity index (χ1v) is 13.7. The van der Waals surface area contributed by atoms with E-state index >= 15 is 0 Å². The molecule has 6 rings (SSSR count). The molecular weight excluding hydrogens is 527 g/mol. The molecule has 2 aromatic carbocycles. The van der Waals surface area contributed by atoms with Gasteiger partial charge in [0.25, 0.3) is 0 Å². The van der Waals surface area contributed by atoms with Crippen molar-refractivity contribution < 1.29 is 23.8 Å². The maximum absolute atomic E-state index is 14.2. The van der Waals surface area contributed by atoms with Crippen LogP contribution in [0.3, 0.4) is 0 Å². The third-order valence-electron chi connectivity index (χ3n) is 7.82. The van der Waals surface area contributed by atoms with Crippen molar-refractivity contribution in [2.75, 3.05) is 24.6 Å². The minimum absolute atomic E-state index is 0.0153. The number of hydrogen-bond acceptors (Lipinski definition) is 8. The van der Waals surface area contributed by atoms with Crippen LogP contribution < -0.4 is 9.64 Å². The van der Waals surface area contributed by atoms with Crippen LogP contribution in [0, 0.1) is 23.1 Å². The number of piperidine rings is 1. The van der Waals surface area contributed by atoms with E-state index in [1.807, 2.05) is 6.07 Å². The number of carboxylic acids is 1. The SMILES string of the molecule is N#Cc1ccc(COc2cncc(N3CCC(Cc4nc5ccc(C(=O)O)cc5n4C[C@@H]4CCO4)CC3)n2)c(F)c1. The molecule has 2 aromatic heterocycles. The zero-order valence-corrected chi connectivity index (χ0v) is 22.4. The van der Waals surface area contributed by atoms with Gasteiger partial charge >= 0.3 is 5.97 Å². The number of nitrogens with zero attached hydrogens (tertiary/aromatic N) is 6. The van der Waals surface area contributed by atoms with Gasteiger partial charge in [-0.3, -0.25) is 4.98 Å². The molecule has 0 unspecified atom stereocenters. The van der Waals surface area contributed by atoms with Crippen LogP contribution in [0.2, 0.25) is 0 Å². The van der Waals surface area contributed by atoms with E-state index in [9.17, 15) is 14.3 Å². The monoisotopic (exact) mass is 556 g/mol. The van der Waals surface area contributed by atoms with Gasteiger partial charge < -0.3 is 24.0 Å². The zero-order chi connectivity index (χ0) is 28.3. The second-order valence-electron chi connectivity index (χ2n) is 10.5. The Bertz CT molecular complexity index is 1620. The molecule has 1 N–H and O–H groups in total. The quantitative estimate of drug-likeness (QED) is 0.320. The van der Waals surface area contributed by atoms with Crippen LogP contribution in [-0.4, -0.2) is 56.4 Å². The number of hydrogen-bond donors (Lipinski definition) is 1. The largest absolute Gasteiger partial charge is 0.478 e. The van der Waals surface area contributed by atoms with Gasteiger partial charge in [-0.05, 0) is 55.5 Å². The fourth-order valence-electron chi connectivity index (χ4n) is 5.37. The summed E-state index contributed by atoms with van der Waals surface area (Å²) >= 11 is 0. The lowest BCUT2D eigenvalue weighted by molar-refractivity contribution is -0.0590. The first-order valence-electron chi connectivity index (χ1n) is 13.7. The van der Waals surface area contributed by atoms with Crippen molar-refractivity contribution in [2.45, 2.75) is 44.9 Å². The molecule has 0 aliphatic carbocycles. The van der Waals surface area contributed by atoms with E-state index in [4.69, 9.17) is 19.7 Å². The van der Waals surface area contributed by atoms with Gasteiger partial charge in [0.05, 0.1) is 53.3 Å². The van der Waals surface area contributed by atoms with Gasteiger partial charge in [-0.15, -0.1) is 0 Å². The summed E-state index contributed by atoms with van der Waals surface area (Å²) in [6, 6.07) is 11.3. The van der Waals surface area contributed by atoms with E-state index in [-0.39, 0.29) is 23.8 Å². The summed E-state index contributed by atoms with van der Waals surface area (Å²) in [6.07, 6.45) is 6.99. The van der Waals surface area contributed by atoms with Gasteiger partial charge in [-0.1, -0.05) is 6.07 Å². The number of rotatable bonds is 9. The summed E-state index contributed by atoms with van der Waals surface area (Å²) < 4.78 is 27.7. The van der Waals surface area contributed by atoms with Crippen LogP contribution in [-0.2, 0) is 24.3 Å². The Morgan fingerprint density at radius 1 is 1.15 bits per heavy atom. The number of carbonyl (C=O) groups is 1. The maximum Gasteiger partial charge on any atom is 0.335 e. The number of imidazole rings is 1.